The second kappa shape index (κ2) is 7.05. The van der Waals surface area contributed by atoms with Crippen LogP contribution in [0, 0.1) is 11.8 Å². The Kier molecular flexibility index (Phi) is 4.85. The van der Waals surface area contributed by atoms with Crippen molar-refractivity contribution in [1.82, 2.24) is 15.1 Å². The van der Waals surface area contributed by atoms with E-state index in [9.17, 15) is 9.59 Å². The minimum atomic E-state index is -0.169. The monoisotopic (exact) mass is 346 g/mol. The van der Waals surface area contributed by atoms with Crippen molar-refractivity contribution in [2.75, 3.05) is 11.9 Å². The van der Waals surface area contributed by atoms with Gasteiger partial charge in [0.05, 0.1) is 28.8 Å². The van der Waals surface area contributed by atoms with E-state index in [1.807, 2.05) is 25.1 Å². The molecule has 2 atom stereocenters. The Morgan fingerprint density at radius 3 is 2.83 bits per heavy atom. The standard InChI is InChI=1S/C17H19ClN4O2/c1-11-8-13(11)17(24)19-7-6-16(23)21-12-9-20-22(10-12)15-5-3-2-4-14(15)18/h2-5,9-11,13H,6-8H2,1H3,(H,19,24)(H,21,23). The fourth-order valence-corrected chi connectivity index (χ4v) is 2.72. The molecule has 3 rings (SSSR count). The van der Waals surface area contributed by atoms with Crippen molar-refractivity contribution >= 4 is 29.1 Å². The van der Waals surface area contributed by atoms with Crippen LogP contribution in [0.25, 0.3) is 5.69 Å². The Balaban J connectivity index is 1.48. The molecule has 0 bridgehead atoms. The number of rotatable bonds is 6. The van der Waals surface area contributed by atoms with Crippen LogP contribution >= 0.6 is 11.6 Å². The molecule has 24 heavy (non-hydrogen) atoms. The molecule has 6 nitrogen and oxygen atoms in total. The number of aromatic nitrogens is 2. The van der Waals surface area contributed by atoms with Gasteiger partial charge in [-0.1, -0.05) is 30.7 Å². The third-order valence-electron chi connectivity index (χ3n) is 4.06. The van der Waals surface area contributed by atoms with Gasteiger partial charge in [-0.3, -0.25) is 9.59 Å². The molecule has 2 N–H and O–H groups in total. The molecule has 0 radical (unpaired) electrons. The van der Waals surface area contributed by atoms with E-state index in [1.165, 1.54) is 0 Å². The lowest BCUT2D eigenvalue weighted by molar-refractivity contribution is -0.122. The van der Waals surface area contributed by atoms with E-state index < -0.39 is 0 Å². The van der Waals surface area contributed by atoms with Crippen LogP contribution in [-0.2, 0) is 9.59 Å². The largest absolute Gasteiger partial charge is 0.355 e. The summed E-state index contributed by atoms with van der Waals surface area (Å²) in [6, 6.07) is 7.33. The molecule has 1 fully saturated rings. The first-order valence-corrected chi connectivity index (χ1v) is 8.29. The maximum atomic E-state index is 11.9. The number of hydrogen-bond donors (Lipinski definition) is 2. The fourth-order valence-electron chi connectivity index (χ4n) is 2.50. The normalized spacial score (nSPS) is 18.9. The minimum Gasteiger partial charge on any atom is -0.355 e. The first-order chi connectivity index (χ1) is 11.5. The molecule has 1 saturated carbocycles. The number of hydrogen-bond acceptors (Lipinski definition) is 3. The van der Waals surface area contributed by atoms with Crippen molar-refractivity contribution < 1.29 is 9.59 Å². The fraction of sp³-hybridized carbons (Fsp3) is 0.353. The summed E-state index contributed by atoms with van der Waals surface area (Å²) in [5, 5.41) is 10.3. The zero-order chi connectivity index (χ0) is 17.1. The van der Waals surface area contributed by atoms with E-state index in [0.29, 0.717) is 23.2 Å². The third kappa shape index (κ3) is 3.94. The molecule has 7 heteroatoms. The second-order valence-corrected chi connectivity index (χ2v) is 6.44. The molecule has 1 heterocycles. The highest BCUT2D eigenvalue weighted by Crippen LogP contribution is 2.37. The van der Waals surface area contributed by atoms with E-state index >= 15 is 0 Å². The molecule has 1 aromatic carbocycles. The van der Waals surface area contributed by atoms with Crippen LogP contribution in [0.3, 0.4) is 0 Å². The highest BCUT2D eigenvalue weighted by Gasteiger charge is 2.38. The zero-order valence-corrected chi connectivity index (χ0v) is 14.1. The number of amides is 2. The highest BCUT2D eigenvalue weighted by molar-refractivity contribution is 6.32. The van der Waals surface area contributed by atoms with E-state index in [0.717, 1.165) is 12.1 Å². The summed E-state index contributed by atoms with van der Waals surface area (Å²) in [4.78, 5) is 23.6. The van der Waals surface area contributed by atoms with Crippen molar-refractivity contribution in [1.29, 1.82) is 0 Å². The first-order valence-electron chi connectivity index (χ1n) is 7.91. The van der Waals surface area contributed by atoms with Gasteiger partial charge in [-0.25, -0.2) is 4.68 Å². The average Bonchev–Trinajstić information content (AvgIpc) is 3.11. The minimum absolute atomic E-state index is 0.0434. The van der Waals surface area contributed by atoms with Crippen molar-refractivity contribution in [3.8, 4) is 5.69 Å². The van der Waals surface area contributed by atoms with Crippen LogP contribution in [0.1, 0.15) is 19.8 Å². The van der Waals surface area contributed by atoms with E-state index in [-0.39, 0.29) is 24.2 Å². The van der Waals surface area contributed by atoms with Gasteiger partial charge in [0, 0.05) is 18.9 Å². The molecule has 2 unspecified atom stereocenters. The number of carbonyl (C=O) groups excluding carboxylic acids is 2. The predicted octanol–water partition coefficient (Wildman–Crippen LogP) is 2.63. The second-order valence-electron chi connectivity index (χ2n) is 6.03. The van der Waals surface area contributed by atoms with Gasteiger partial charge >= 0.3 is 0 Å². The molecular formula is C17H19ClN4O2. The molecule has 1 aliphatic carbocycles. The summed E-state index contributed by atoms with van der Waals surface area (Å²) in [7, 11) is 0. The number of carbonyl (C=O) groups is 2. The highest BCUT2D eigenvalue weighted by atomic mass is 35.5. The Morgan fingerprint density at radius 1 is 1.38 bits per heavy atom. The van der Waals surface area contributed by atoms with Gasteiger partial charge < -0.3 is 10.6 Å². The maximum absolute atomic E-state index is 11.9. The SMILES string of the molecule is CC1CC1C(=O)NCCC(=O)Nc1cnn(-c2ccccc2Cl)c1. The lowest BCUT2D eigenvalue weighted by Gasteiger charge is -2.05. The lowest BCUT2D eigenvalue weighted by Crippen LogP contribution is -2.29. The molecule has 126 valence electrons. The topological polar surface area (TPSA) is 76.0 Å². The number of nitrogens with one attached hydrogen (secondary N) is 2. The number of benzene rings is 1. The van der Waals surface area contributed by atoms with E-state index in [4.69, 9.17) is 11.6 Å². The van der Waals surface area contributed by atoms with Gasteiger partial charge in [0.15, 0.2) is 0 Å². The molecular weight excluding hydrogens is 328 g/mol. The van der Waals surface area contributed by atoms with Crippen LogP contribution < -0.4 is 10.6 Å². The number of anilines is 1. The Hall–Kier alpha value is -2.34. The lowest BCUT2D eigenvalue weighted by atomic mass is 10.3. The summed E-state index contributed by atoms with van der Waals surface area (Å²) in [5.74, 6) is 0.469. The Bertz CT molecular complexity index is 759. The quantitative estimate of drug-likeness (QED) is 0.844. The molecule has 0 aliphatic heterocycles. The molecule has 1 aliphatic rings. The molecule has 0 spiro atoms. The number of halogens is 1. The number of nitrogens with zero attached hydrogens (tertiary/aromatic N) is 2. The Morgan fingerprint density at radius 2 is 2.12 bits per heavy atom. The van der Waals surface area contributed by atoms with E-state index in [2.05, 4.69) is 15.7 Å². The predicted molar refractivity (Wildman–Crippen MR) is 92.1 cm³/mol. The van der Waals surface area contributed by atoms with Crippen LogP contribution in [-0.4, -0.2) is 28.1 Å². The average molecular weight is 347 g/mol. The summed E-state index contributed by atoms with van der Waals surface area (Å²) >= 11 is 6.12. The first kappa shape index (κ1) is 16.5. The molecule has 0 saturated heterocycles. The van der Waals surface area contributed by atoms with Crippen molar-refractivity contribution in [3.63, 3.8) is 0 Å². The van der Waals surface area contributed by atoms with Gasteiger partial charge in [0.2, 0.25) is 11.8 Å². The molecule has 2 aromatic rings. The van der Waals surface area contributed by atoms with Crippen LogP contribution in [0.4, 0.5) is 5.69 Å². The summed E-state index contributed by atoms with van der Waals surface area (Å²) in [6.45, 7) is 2.39. The third-order valence-corrected chi connectivity index (χ3v) is 4.38. The van der Waals surface area contributed by atoms with Crippen LogP contribution in [0.15, 0.2) is 36.7 Å². The maximum Gasteiger partial charge on any atom is 0.226 e. The van der Waals surface area contributed by atoms with Crippen molar-refractivity contribution in [2.45, 2.75) is 19.8 Å². The summed E-state index contributed by atoms with van der Waals surface area (Å²) in [6.07, 6.45) is 4.43. The van der Waals surface area contributed by atoms with Gasteiger partial charge in [-0.15, -0.1) is 0 Å². The van der Waals surface area contributed by atoms with Crippen LogP contribution in [0.2, 0.25) is 5.02 Å². The van der Waals surface area contributed by atoms with E-state index in [1.54, 1.807) is 23.1 Å². The molecule has 2 amide bonds. The van der Waals surface area contributed by atoms with Gasteiger partial charge in [0.1, 0.15) is 0 Å². The zero-order valence-electron chi connectivity index (χ0n) is 13.3. The van der Waals surface area contributed by atoms with Crippen molar-refractivity contribution in [2.24, 2.45) is 11.8 Å². The van der Waals surface area contributed by atoms with Gasteiger partial charge in [-0.2, -0.15) is 5.10 Å². The smallest absolute Gasteiger partial charge is 0.226 e. The van der Waals surface area contributed by atoms with Gasteiger partial charge in [-0.05, 0) is 24.5 Å². The number of para-hydroxylation sites is 1. The molecule has 1 aromatic heterocycles. The van der Waals surface area contributed by atoms with Gasteiger partial charge in [0.25, 0.3) is 0 Å². The van der Waals surface area contributed by atoms with Crippen molar-refractivity contribution in [3.05, 3.63) is 41.7 Å². The van der Waals surface area contributed by atoms with Crippen LogP contribution in [0.5, 0.6) is 0 Å². The summed E-state index contributed by atoms with van der Waals surface area (Å²) in [5.41, 5.74) is 1.33. The summed E-state index contributed by atoms with van der Waals surface area (Å²) < 4.78 is 1.61. The Labute approximate surface area is 145 Å².